The number of carbonyl (C=O) groups excluding carboxylic acids is 4. The molecular weight excluding hydrogens is 510 g/mol. The molecule has 4 aromatic carbocycles. The Morgan fingerprint density at radius 2 is 1.43 bits per heavy atom. The van der Waals surface area contributed by atoms with Gasteiger partial charge >= 0.3 is 12.0 Å². The van der Waals surface area contributed by atoms with E-state index in [0.717, 1.165) is 21.9 Å². The summed E-state index contributed by atoms with van der Waals surface area (Å²) in [5.74, 6) is -3.19. The van der Waals surface area contributed by atoms with Crippen molar-refractivity contribution in [2.75, 3.05) is 6.61 Å². The van der Waals surface area contributed by atoms with Crippen LogP contribution in [0.15, 0.2) is 108 Å². The second kappa shape index (κ2) is 10.1. The predicted octanol–water partition coefficient (Wildman–Crippen LogP) is 3.57. The van der Waals surface area contributed by atoms with E-state index in [4.69, 9.17) is 9.57 Å². The minimum atomic E-state index is -1.96. The van der Waals surface area contributed by atoms with Crippen LogP contribution in [-0.2, 0) is 29.4 Å². The highest BCUT2D eigenvalue weighted by Crippen LogP contribution is 2.35. The van der Waals surface area contributed by atoms with E-state index in [1.165, 1.54) is 0 Å². The zero-order valence-corrected chi connectivity index (χ0v) is 21.1. The first-order valence-corrected chi connectivity index (χ1v) is 12.6. The summed E-state index contributed by atoms with van der Waals surface area (Å²) in [5, 5.41) is 10.6. The van der Waals surface area contributed by atoms with Gasteiger partial charge in [-0.15, -0.1) is 0 Å². The van der Waals surface area contributed by atoms with Crippen LogP contribution in [0.1, 0.15) is 22.6 Å². The number of nitrogens with zero attached hydrogens (tertiary/aromatic N) is 1. The van der Waals surface area contributed by atoms with E-state index in [1.54, 1.807) is 30.3 Å². The van der Waals surface area contributed by atoms with E-state index < -0.39 is 47.9 Å². The van der Waals surface area contributed by atoms with Crippen LogP contribution < -0.4 is 10.6 Å². The van der Waals surface area contributed by atoms with Gasteiger partial charge in [0.25, 0.3) is 11.8 Å². The molecule has 9 heteroatoms. The lowest BCUT2D eigenvalue weighted by Crippen LogP contribution is -2.66. The molecule has 0 saturated carbocycles. The standard InChI is InChI=1S/C31H23N3O6/c35-27(39-18-31(23-13-5-2-6-14-23)28(36)32-30(38)33-29(31)37)26-24(20-10-3-1-4-11-20)25(34-40-26)22-16-15-19-9-7-8-12-21(19)17-22/h1-17,24,26H,18H2,(H2,32,33,36,37,38)/t24-,26-/m1/s1. The molecule has 0 bridgehead atoms. The lowest BCUT2D eigenvalue weighted by molar-refractivity contribution is -0.160. The summed E-state index contributed by atoms with van der Waals surface area (Å²) in [7, 11) is 0. The van der Waals surface area contributed by atoms with Crippen molar-refractivity contribution in [3.05, 3.63) is 120 Å². The van der Waals surface area contributed by atoms with Crippen molar-refractivity contribution in [1.29, 1.82) is 0 Å². The fourth-order valence-electron chi connectivity index (χ4n) is 5.14. The number of nitrogens with one attached hydrogen (secondary N) is 2. The van der Waals surface area contributed by atoms with Gasteiger partial charge in [0.1, 0.15) is 6.61 Å². The number of amides is 4. The molecule has 4 amide bonds. The van der Waals surface area contributed by atoms with Crippen molar-refractivity contribution in [1.82, 2.24) is 10.6 Å². The monoisotopic (exact) mass is 533 g/mol. The van der Waals surface area contributed by atoms with Gasteiger partial charge in [0.15, 0.2) is 5.41 Å². The summed E-state index contributed by atoms with van der Waals surface area (Å²) in [6.45, 7) is -0.645. The molecule has 0 spiro atoms. The van der Waals surface area contributed by atoms with Crippen molar-refractivity contribution >= 4 is 40.3 Å². The summed E-state index contributed by atoms with van der Waals surface area (Å²) in [6.07, 6.45) is -1.17. The molecule has 2 atom stereocenters. The number of imide groups is 2. The quantitative estimate of drug-likeness (QED) is 0.289. The number of rotatable bonds is 6. The van der Waals surface area contributed by atoms with Crippen LogP contribution in [-0.4, -0.2) is 42.2 Å². The highest BCUT2D eigenvalue weighted by Gasteiger charge is 2.54. The molecule has 1 fully saturated rings. The van der Waals surface area contributed by atoms with E-state index in [-0.39, 0.29) is 5.56 Å². The third-order valence-corrected chi connectivity index (χ3v) is 7.23. The van der Waals surface area contributed by atoms with E-state index in [2.05, 4.69) is 15.8 Å². The van der Waals surface area contributed by atoms with Gasteiger partial charge in [-0.05, 0) is 28.0 Å². The highest BCUT2D eigenvalue weighted by molar-refractivity contribution is 6.23. The Bertz CT molecular complexity index is 1650. The van der Waals surface area contributed by atoms with Crippen LogP contribution in [0, 0.1) is 0 Å². The first-order valence-electron chi connectivity index (χ1n) is 12.6. The fraction of sp³-hybridized carbons (Fsp3) is 0.129. The Balaban J connectivity index is 1.31. The second-order valence-corrected chi connectivity index (χ2v) is 9.57. The van der Waals surface area contributed by atoms with Gasteiger partial charge in [-0.1, -0.05) is 102 Å². The average Bonchev–Trinajstić information content (AvgIpc) is 3.43. The first kappa shape index (κ1) is 25.0. The largest absolute Gasteiger partial charge is 0.461 e. The number of hydrogen-bond donors (Lipinski definition) is 2. The Morgan fingerprint density at radius 1 is 0.800 bits per heavy atom. The van der Waals surface area contributed by atoms with Gasteiger partial charge in [0.05, 0.1) is 11.6 Å². The number of esters is 1. The van der Waals surface area contributed by atoms with E-state index in [1.807, 2.05) is 72.8 Å². The molecule has 0 aromatic heterocycles. The van der Waals surface area contributed by atoms with Crippen LogP contribution in [0.5, 0.6) is 0 Å². The third-order valence-electron chi connectivity index (χ3n) is 7.23. The smallest absolute Gasteiger partial charge is 0.351 e. The first-order chi connectivity index (χ1) is 19.5. The maximum Gasteiger partial charge on any atom is 0.351 e. The molecule has 2 heterocycles. The van der Waals surface area contributed by atoms with Gasteiger partial charge in [0.2, 0.25) is 6.10 Å². The summed E-state index contributed by atoms with van der Waals surface area (Å²) in [4.78, 5) is 57.2. The van der Waals surface area contributed by atoms with E-state index in [0.29, 0.717) is 5.71 Å². The topological polar surface area (TPSA) is 123 Å². The second-order valence-electron chi connectivity index (χ2n) is 9.57. The number of oxime groups is 1. The number of fused-ring (bicyclic) bond motifs is 1. The van der Waals surface area contributed by atoms with Gasteiger partial charge in [-0.25, -0.2) is 9.59 Å². The molecule has 198 valence electrons. The Labute approximate surface area is 228 Å². The molecule has 0 unspecified atom stereocenters. The van der Waals surface area contributed by atoms with Crippen LogP contribution >= 0.6 is 0 Å². The zero-order valence-electron chi connectivity index (χ0n) is 21.1. The molecular formula is C31H23N3O6. The van der Waals surface area contributed by atoms with Crippen LogP contribution in [0.4, 0.5) is 4.79 Å². The minimum Gasteiger partial charge on any atom is -0.461 e. The normalized spacial score (nSPS) is 19.8. The Hall–Kier alpha value is -5.31. The molecule has 4 aromatic rings. The number of ether oxygens (including phenoxy) is 1. The molecule has 2 N–H and O–H groups in total. The van der Waals surface area contributed by atoms with E-state index in [9.17, 15) is 19.2 Å². The molecule has 0 aliphatic carbocycles. The number of barbiturate groups is 1. The van der Waals surface area contributed by atoms with Crippen molar-refractivity contribution in [2.45, 2.75) is 17.4 Å². The van der Waals surface area contributed by atoms with Gasteiger partial charge in [-0.2, -0.15) is 0 Å². The van der Waals surface area contributed by atoms with Crippen molar-refractivity contribution in [3.63, 3.8) is 0 Å². The van der Waals surface area contributed by atoms with Crippen molar-refractivity contribution in [2.24, 2.45) is 5.16 Å². The maximum absolute atomic E-state index is 13.6. The van der Waals surface area contributed by atoms with Gasteiger partial charge in [-0.3, -0.25) is 20.2 Å². The Kier molecular flexibility index (Phi) is 6.31. The lowest BCUT2D eigenvalue weighted by atomic mass is 9.78. The Morgan fingerprint density at radius 3 is 2.12 bits per heavy atom. The minimum absolute atomic E-state index is 0.269. The van der Waals surface area contributed by atoms with Crippen LogP contribution in [0.3, 0.4) is 0 Å². The lowest BCUT2D eigenvalue weighted by Gasteiger charge is -2.34. The summed E-state index contributed by atoms with van der Waals surface area (Å²) < 4.78 is 5.64. The number of hydrogen-bond acceptors (Lipinski definition) is 7. The van der Waals surface area contributed by atoms with Crippen molar-refractivity contribution < 1.29 is 28.8 Å². The third kappa shape index (κ3) is 4.27. The molecule has 2 aliphatic heterocycles. The average molecular weight is 534 g/mol. The van der Waals surface area contributed by atoms with Crippen molar-refractivity contribution in [3.8, 4) is 0 Å². The summed E-state index contributed by atoms with van der Waals surface area (Å²) in [6, 6.07) is 30.3. The molecule has 0 radical (unpaired) electrons. The molecule has 1 saturated heterocycles. The molecule has 6 rings (SSSR count). The number of benzene rings is 4. The molecule has 40 heavy (non-hydrogen) atoms. The highest BCUT2D eigenvalue weighted by atomic mass is 16.7. The van der Waals surface area contributed by atoms with Gasteiger partial charge < -0.3 is 9.57 Å². The number of urea groups is 1. The van der Waals surface area contributed by atoms with Crippen LogP contribution in [0.25, 0.3) is 10.8 Å². The van der Waals surface area contributed by atoms with E-state index >= 15 is 0 Å². The molecule has 2 aliphatic rings. The molecule has 9 nitrogen and oxygen atoms in total. The summed E-state index contributed by atoms with van der Waals surface area (Å²) in [5.41, 5.74) is 0.424. The SMILES string of the molecule is O=C1NC(=O)C(COC(=O)[C@@H]2ON=C(c3ccc4ccccc4c3)[C@H]2c2ccccc2)(c2ccccc2)C(=O)N1. The fourth-order valence-corrected chi connectivity index (χ4v) is 5.14. The zero-order chi connectivity index (χ0) is 27.7. The number of carbonyl (C=O) groups is 4. The maximum atomic E-state index is 13.6. The summed E-state index contributed by atoms with van der Waals surface area (Å²) >= 11 is 0. The van der Waals surface area contributed by atoms with Crippen LogP contribution in [0.2, 0.25) is 0 Å². The van der Waals surface area contributed by atoms with Gasteiger partial charge in [0, 0.05) is 5.56 Å². The predicted molar refractivity (Wildman–Crippen MR) is 145 cm³/mol.